The van der Waals surface area contributed by atoms with Crippen molar-refractivity contribution in [3.63, 3.8) is 0 Å². The highest BCUT2D eigenvalue weighted by Gasteiger charge is 2.24. The number of hydrogen-bond donors (Lipinski definition) is 1. The first kappa shape index (κ1) is 13.9. The molecule has 0 amide bonds. The molecule has 0 bridgehead atoms. The monoisotopic (exact) mass is 305 g/mol. The third-order valence-electron chi connectivity index (χ3n) is 4.03. The van der Waals surface area contributed by atoms with Gasteiger partial charge in [-0.1, -0.05) is 59.6 Å². The molecule has 3 heteroatoms. The van der Waals surface area contributed by atoms with Gasteiger partial charge >= 0.3 is 0 Å². The predicted octanol–water partition coefficient (Wildman–Crippen LogP) is 5.33. The summed E-state index contributed by atoms with van der Waals surface area (Å²) in [4.78, 5) is 0. The normalized spacial score (nSPS) is 18.9. The van der Waals surface area contributed by atoms with E-state index in [4.69, 9.17) is 23.2 Å². The van der Waals surface area contributed by atoms with Gasteiger partial charge in [0.1, 0.15) is 0 Å². The lowest BCUT2D eigenvalue weighted by Gasteiger charge is -2.22. The Morgan fingerprint density at radius 1 is 1.10 bits per heavy atom. The van der Waals surface area contributed by atoms with Crippen LogP contribution in [-0.4, -0.2) is 0 Å². The molecule has 1 N–H and O–H groups in total. The van der Waals surface area contributed by atoms with Gasteiger partial charge in [0.15, 0.2) is 0 Å². The zero-order valence-corrected chi connectivity index (χ0v) is 12.9. The van der Waals surface area contributed by atoms with E-state index in [-0.39, 0.29) is 6.04 Å². The number of hydrogen-bond acceptors (Lipinski definition) is 1. The zero-order valence-electron chi connectivity index (χ0n) is 11.4. The van der Waals surface area contributed by atoms with Gasteiger partial charge in [0, 0.05) is 12.1 Å². The molecule has 0 heterocycles. The highest BCUT2D eigenvalue weighted by molar-refractivity contribution is 6.42. The first-order chi connectivity index (χ1) is 9.66. The quantitative estimate of drug-likeness (QED) is 0.808. The fourth-order valence-corrected chi connectivity index (χ4v) is 3.45. The molecule has 2 aromatic rings. The predicted molar refractivity (Wildman–Crippen MR) is 85.5 cm³/mol. The van der Waals surface area contributed by atoms with Gasteiger partial charge in [-0.2, -0.15) is 0 Å². The second kappa shape index (κ2) is 5.77. The lowest BCUT2D eigenvalue weighted by molar-refractivity contribution is 0.465. The van der Waals surface area contributed by atoms with Crippen LogP contribution in [0.1, 0.15) is 42.1 Å². The molecule has 104 valence electrons. The molecule has 2 unspecified atom stereocenters. The van der Waals surface area contributed by atoms with E-state index in [0.717, 1.165) is 18.4 Å². The summed E-state index contributed by atoms with van der Waals surface area (Å²) in [5, 5.41) is 4.94. The van der Waals surface area contributed by atoms with Crippen molar-refractivity contribution in [2.75, 3.05) is 0 Å². The third-order valence-corrected chi connectivity index (χ3v) is 4.87. The van der Waals surface area contributed by atoms with E-state index < -0.39 is 0 Å². The van der Waals surface area contributed by atoms with Gasteiger partial charge in [-0.15, -0.1) is 0 Å². The minimum atomic E-state index is 0.178. The molecular formula is C17H17Cl2N. The van der Waals surface area contributed by atoms with Gasteiger partial charge in [-0.05, 0) is 42.5 Å². The van der Waals surface area contributed by atoms with Crippen LogP contribution in [0.15, 0.2) is 42.5 Å². The minimum Gasteiger partial charge on any atom is -0.303 e. The topological polar surface area (TPSA) is 12.0 Å². The fraction of sp³-hybridized carbons (Fsp3) is 0.294. The van der Waals surface area contributed by atoms with Gasteiger partial charge in [0.25, 0.3) is 0 Å². The summed E-state index contributed by atoms with van der Waals surface area (Å²) in [5.74, 6) is 0. The van der Waals surface area contributed by atoms with Crippen molar-refractivity contribution in [3.05, 3.63) is 69.2 Å². The Hall–Kier alpha value is -1.02. The number of aryl methyl sites for hydroxylation is 1. The van der Waals surface area contributed by atoms with Crippen LogP contribution in [0.25, 0.3) is 0 Å². The lowest BCUT2D eigenvalue weighted by Crippen LogP contribution is -2.23. The highest BCUT2D eigenvalue weighted by atomic mass is 35.5. The van der Waals surface area contributed by atoms with E-state index in [9.17, 15) is 0 Å². The molecule has 2 aromatic carbocycles. The summed E-state index contributed by atoms with van der Waals surface area (Å²) >= 11 is 12.4. The number of rotatable bonds is 3. The number of benzene rings is 2. The average molecular weight is 306 g/mol. The van der Waals surface area contributed by atoms with Crippen molar-refractivity contribution >= 4 is 23.2 Å². The maximum atomic E-state index is 6.30. The van der Waals surface area contributed by atoms with Gasteiger partial charge in [0.05, 0.1) is 10.0 Å². The molecule has 3 rings (SSSR count). The van der Waals surface area contributed by atoms with Gasteiger partial charge in [-0.25, -0.2) is 0 Å². The van der Waals surface area contributed by atoms with E-state index >= 15 is 0 Å². The SMILES string of the molecule is CC(NC1CCc2ccccc21)c1cccc(Cl)c1Cl. The summed E-state index contributed by atoms with van der Waals surface area (Å²) in [6.07, 6.45) is 2.28. The first-order valence-electron chi connectivity index (χ1n) is 6.94. The van der Waals surface area contributed by atoms with Crippen molar-refractivity contribution in [1.82, 2.24) is 5.32 Å². The van der Waals surface area contributed by atoms with Crippen molar-refractivity contribution in [2.24, 2.45) is 0 Å². The van der Waals surface area contributed by atoms with Crippen LogP contribution in [0, 0.1) is 0 Å². The van der Waals surface area contributed by atoms with Crippen LogP contribution < -0.4 is 5.32 Å². The van der Waals surface area contributed by atoms with Crippen molar-refractivity contribution < 1.29 is 0 Å². The molecule has 1 aliphatic rings. The molecular weight excluding hydrogens is 289 g/mol. The van der Waals surface area contributed by atoms with E-state index in [1.165, 1.54) is 11.1 Å². The molecule has 2 atom stereocenters. The fourth-order valence-electron chi connectivity index (χ4n) is 2.98. The number of fused-ring (bicyclic) bond motifs is 1. The maximum Gasteiger partial charge on any atom is 0.0639 e. The molecule has 0 saturated heterocycles. The second-order valence-corrected chi connectivity index (χ2v) is 6.11. The molecule has 0 fully saturated rings. The van der Waals surface area contributed by atoms with Crippen LogP contribution in [0.4, 0.5) is 0 Å². The summed E-state index contributed by atoms with van der Waals surface area (Å²) in [6.45, 7) is 2.14. The molecule has 0 aliphatic heterocycles. The Morgan fingerprint density at radius 3 is 2.75 bits per heavy atom. The van der Waals surface area contributed by atoms with Gasteiger partial charge in [0.2, 0.25) is 0 Å². The van der Waals surface area contributed by atoms with Crippen molar-refractivity contribution in [3.8, 4) is 0 Å². The Balaban J connectivity index is 1.81. The van der Waals surface area contributed by atoms with E-state index in [1.54, 1.807) is 0 Å². The Morgan fingerprint density at radius 2 is 1.90 bits per heavy atom. The largest absolute Gasteiger partial charge is 0.303 e. The van der Waals surface area contributed by atoms with E-state index in [0.29, 0.717) is 16.1 Å². The Labute approximate surface area is 129 Å². The third kappa shape index (κ3) is 2.58. The average Bonchev–Trinajstić information content (AvgIpc) is 2.85. The van der Waals surface area contributed by atoms with Crippen molar-refractivity contribution in [2.45, 2.75) is 31.8 Å². The standard InChI is InChI=1S/C17H17Cl2N/c1-11(13-7-4-8-15(18)17(13)19)20-16-10-9-12-5-2-3-6-14(12)16/h2-8,11,16,20H,9-10H2,1H3. The highest BCUT2D eigenvalue weighted by Crippen LogP contribution is 2.35. The van der Waals surface area contributed by atoms with Gasteiger partial charge < -0.3 is 5.32 Å². The molecule has 1 nitrogen and oxygen atoms in total. The summed E-state index contributed by atoms with van der Waals surface area (Å²) in [6, 6.07) is 15.0. The van der Waals surface area contributed by atoms with Gasteiger partial charge in [-0.3, -0.25) is 0 Å². The number of nitrogens with one attached hydrogen (secondary N) is 1. The van der Waals surface area contributed by atoms with Crippen LogP contribution in [0.3, 0.4) is 0 Å². The summed E-state index contributed by atoms with van der Waals surface area (Å²) < 4.78 is 0. The molecule has 0 saturated carbocycles. The smallest absolute Gasteiger partial charge is 0.0639 e. The molecule has 0 radical (unpaired) electrons. The molecule has 1 aliphatic carbocycles. The van der Waals surface area contributed by atoms with Crippen molar-refractivity contribution in [1.29, 1.82) is 0 Å². The molecule has 0 spiro atoms. The zero-order chi connectivity index (χ0) is 14.1. The van der Waals surface area contributed by atoms with Crippen LogP contribution in [0.2, 0.25) is 10.0 Å². The summed E-state index contributed by atoms with van der Waals surface area (Å²) in [7, 11) is 0. The molecule has 20 heavy (non-hydrogen) atoms. The lowest BCUT2D eigenvalue weighted by atomic mass is 10.0. The van der Waals surface area contributed by atoms with Crippen LogP contribution in [-0.2, 0) is 6.42 Å². The van der Waals surface area contributed by atoms with E-state index in [2.05, 4.69) is 36.5 Å². The first-order valence-corrected chi connectivity index (χ1v) is 7.70. The maximum absolute atomic E-state index is 6.30. The second-order valence-electron chi connectivity index (χ2n) is 5.32. The molecule has 0 aromatic heterocycles. The Kier molecular flexibility index (Phi) is 4.02. The van der Waals surface area contributed by atoms with Crippen LogP contribution >= 0.6 is 23.2 Å². The minimum absolute atomic E-state index is 0.178. The van der Waals surface area contributed by atoms with E-state index in [1.807, 2.05) is 18.2 Å². The summed E-state index contributed by atoms with van der Waals surface area (Å²) in [5.41, 5.74) is 3.93. The number of halogens is 2. The Bertz CT molecular complexity index is 624. The van der Waals surface area contributed by atoms with Crippen LogP contribution in [0.5, 0.6) is 0 Å².